The van der Waals surface area contributed by atoms with Crippen LogP contribution in [0.25, 0.3) is 11.2 Å². The summed E-state index contributed by atoms with van der Waals surface area (Å²) in [5, 5.41) is 10.4. The number of anilines is 1. The number of hydrogen-bond acceptors (Lipinski definition) is 6. The van der Waals surface area contributed by atoms with E-state index in [0.717, 1.165) is 41.3 Å². The van der Waals surface area contributed by atoms with Crippen LogP contribution in [0, 0.1) is 0 Å². The molecule has 0 aromatic carbocycles. The number of hydrogen-bond donors (Lipinski definition) is 1. The molecule has 1 atom stereocenters. The number of halogens is 1. The molecule has 4 rings (SSSR count). The number of β-amino-alcohol motifs (C(OH)–C–C–N with tert-alkyl or cyclic N) is 1. The third-order valence-corrected chi connectivity index (χ3v) is 5.10. The van der Waals surface area contributed by atoms with E-state index < -0.39 is 0 Å². The number of aliphatic hydroxyl groups is 1. The Bertz CT molecular complexity index is 980. The van der Waals surface area contributed by atoms with Gasteiger partial charge in [0.1, 0.15) is 11.0 Å². The van der Waals surface area contributed by atoms with Crippen LogP contribution in [0.2, 0.25) is 5.15 Å². The van der Waals surface area contributed by atoms with Crippen LogP contribution in [-0.4, -0.2) is 48.8 Å². The molecule has 0 unspecified atom stereocenters. The van der Waals surface area contributed by atoms with Gasteiger partial charge in [-0.25, -0.2) is 19.9 Å². The van der Waals surface area contributed by atoms with Crippen LogP contribution in [-0.2, 0) is 12.0 Å². The predicted octanol–water partition coefficient (Wildman–Crippen LogP) is 2.79. The minimum Gasteiger partial charge on any atom is -0.391 e. The molecule has 3 aromatic rings. The fourth-order valence-electron chi connectivity index (χ4n) is 3.26. The molecule has 7 nitrogen and oxygen atoms in total. The fraction of sp³-hybridized carbons (Fsp3) is 0.474. The maximum Gasteiger partial charge on any atom is 0.166 e. The normalized spacial score (nSPS) is 17.8. The molecule has 1 saturated heterocycles. The Balaban J connectivity index is 1.84. The van der Waals surface area contributed by atoms with E-state index in [0.29, 0.717) is 18.2 Å². The topological polar surface area (TPSA) is 80.0 Å². The molecule has 142 valence electrons. The van der Waals surface area contributed by atoms with E-state index in [-0.39, 0.29) is 11.5 Å². The van der Waals surface area contributed by atoms with E-state index in [9.17, 15) is 5.11 Å². The van der Waals surface area contributed by atoms with Gasteiger partial charge >= 0.3 is 0 Å². The highest BCUT2D eigenvalue weighted by atomic mass is 35.5. The van der Waals surface area contributed by atoms with Crippen molar-refractivity contribution in [3.63, 3.8) is 0 Å². The summed E-state index contributed by atoms with van der Waals surface area (Å²) in [5.41, 5.74) is 2.22. The van der Waals surface area contributed by atoms with Crippen molar-refractivity contribution in [2.75, 3.05) is 18.0 Å². The van der Waals surface area contributed by atoms with Crippen molar-refractivity contribution in [2.24, 2.45) is 0 Å². The summed E-state index contributed by atoms with van der Waals surface area (Å²) in [6.07, 6.45) is 3.85. The summed E-state index contributed by atoms with van der Waals surface area (Å²) in [6, 6.07) is 3.82. The summed E-state index contributed by atoms with van der Waals surface area (Å²) < 4.78 is 1.98. The lowest BCUT2D eigenvalue weighted by molar-refractivity contribution is 0.198. The van der Waals surface area contributed by atoms with Gasteiger partial charge in [0.05, 0.1) is 19.0 Å². The summed E-state index contributed by atoms with van der Waals surface area (Å²) in [5.74, 6) is 1.54. The van der Waals surface area contributed by atoms with Crippen molar-refractivity contribution in [1.82, 2.24) is 24.5 Å². The molecule has 3 aromatic heterocycles. The van der Waals surface area contributed by atoms with Gasteiger partial charge in [0, 0.05) is 30.3 Å². The van der Waals surface area contributed by atoms with Gasteiger partial charge in [0.2, 0.25) is 0 Å². The minimum atomic E-state index is -0.329. The first-order valence-corrected chi connectivity index (χ1v) is 9.46. The van der Waals surface area contributed by atoms with E-state index in [4.69, 9.17) is 21.6 Å². The Hall–Kier alpha value is -2.25. The van der Waals surface area contributed by atoms with E-state index in [1.165, 1.54) is 0 Å². The highest BCUT2D eigenvalue weighted by Crippen LogP contribution is 2.30. The van der Waals surface area contributed by atoms with E-state index in [2.05, 4.69) is 35.6 Å². The number of nitrogens with zero attached hydrogens (tertiary/aromatic N) is 6. The summed E-state index contributed by atoms with van der Waals surface area (Å²) >= 11 is 6.23. The van der Waals surface area contributed by atoms with Crippen LogP contribution in [0.4, 0.5) is 5.82 Å². The number of pyridine rings is 1. The lowest BCUT2D eigenvalue weighted by Crippen LogP contribution is -2.25. The first-order valence-electron chi connectivity index (χ1n) is 9.08. The van der Waals surface area contributed by atoms with Crippen LogP contribution in [0.5, 0.6) is 0 Å². The maximum atomic E-state index is 9.96. The smallest absolute Gasteiger partial charge is 0.166 e. The molecule has 0 aliphatic carbocycles. The SMILES string of the molecule is CC(C)(C)c1nc(N2CC[C@H](O)C2)c2ncn(Cc3cccnc3Cl)c2n1. The van der Waals surface area contributed by atoms with Crippen LogP contribution in [0.15, 0.2) is 24.7 Å². The molecule has 0 bridgehead atoms. The molecule has 1 fully saturated rings. The largest absolute Gasteiger partial charge is 0.391 e. The number of aliphatic hydroxyl groups excluding tert-OH is 1. The van der Waals surface area contributed by atoms with Crippen molar-refractivity contribution < 1.29 is 5.11 Å². The molecular weight excluding hydrogens is 364 g/mol. The van der Waals surface area contributed by atoms with E-state index >= 15 is 0 Å². The molecule has 0 radical (unpaired) electrons. The lowest BCUT2D eigenvalue weighted by Gasteiger charge is -2.22. The molecule has 0 saturated carbocycles. The second-order valence-electron chi connectivity index (χ2n) is 8.01. The molecule has 27 heavy (non-hydrogen) atoms. The Kier molecular flexibility index (Phi) is 4.52. The van der Waals surface area contributed by atoms with Crippen LogP contribution < -0.4 is 4.90 Å². The molecule has 8 heteroatoms. The van der Waals surface area contributed by atoms with Crippen molar-refractivity contribution in [1.29, 1.82) is 0 Å². The van der Waals surface area contributed by atoms with E-state index in [1.54, 1.807) is 12.5 Å². The highest BCUT2D eigenvalue weighted by molar-refractivity contribution is 6.30. The third-order valence-electron chi connectivity index (χ3n) is 4.76. The Morgan fingerprint density at radius 1 is 1.26 bits per heavy atom. The first kappa shape index (κ1) is 18.1. The number of imidazole rings is 1. The Morgan fingerprint density at radius 2 is 2.07 bits per heavy atom. The minimum absolute atomic E-state index is 0.206. The van der Waals surface area contributed by atoms with Crippen LogP contribution in [0.3, 0.4) is 0 Å². The molecule has 4 heterocycles. The zero-order valence-corrected chi connectivity index (χ0v) is 16.5. The van der Waals surface area contributed by atoms with Crippen molar-refractivity contribution in [2.45, 2.75) is 45.3 Å². The molecular formula is C19H23ClN6O. The van der Waals surface area contributed by atoms with Gasteiger partial charge < -0.3 is 14.6 Å². The van der Waals surface area contributed by atoms with Crippen LogP contribution in [0.1, 0.15) is 38.6 Å². The Morgan fingerprint density at radius 3 is 2.74 bits per heavy atom. The first-order chi connectivity index (χ1) is 12.8. The average Bonchev–Trinajstić information content (AvgIpc) is 3.22. The average molecular weight is 387 g/mol. The van der Waals surface area contributed by atoms with Gasteiger partial charge in [-0.2, -0.15) is 0 Å². The second-order valence-corrected chi connectivity index (χ2v) is 8.37. The zero-order valence-electron chi connectivity index (χ0n) is 15.7. The monoisotopic (exact) mass is 386 g/mol. The second kappa shape index (κ2) is 6.73. The zero-order chi connectivity index (χ0) is 19.2. The van der Waals surface area contributed by atoms with E-state index in [1.807, 2.05) is 16.7 Å². The number of aromatic nitrogens is 5. The molecule has 1 aliphatic rings. The fourth-order valence-corrected chi connectivity index (χ4v) is 3.44. The van der Waals surface area contributed by atoms with Gasteiger partial charge in [-0.15, -0.1) is 0 Å². The highest BCUT2D eigenvalue weighted by Gasteiger charge is 2.28. The van der Waals surface area contributed by atoms with Crippen LogP contribution >= 0.6 is 11.6 Å². The number of fused-ring (bicyclic) bond motifs is 1. The number of rotatable bonds is 3. The molecule has 0 amide bonds. The van der Waals surface area contributed by atoms with Gasteiger partial charge in [0.15, 0.2) is 17.0 Å². The Labute approximate surface area is 163 Å². The van der Waals surface area contributed by atoms with Gasteiger partial charge in [-0.3, -0.25) is 0 Å². The molecule has 1 N–H and O–H groups in total. The standard InChI is InChI=1S/C19H23ClN6O/c1-19(2,3)18-23-16(25-8-6-13(27)10-25)14-17(24-18)26(11-22-14)9-12-5-4-7-21-15(12)20/h4-5,7,11,13,27H,6,8-10H2,1-3H3/t13-/m0/s1. The van der Waals surface area contributed by atoms with Crippen molar-refractivity contribution >= 4 is 28.6 Å². The summed E-state index contributed by atoms with van der Waals surface area (Å²) in [7, 11) is 0. The quantitative estimate of drug-likeness (QED) is 0.697. The summed E-state index contributed by atoms with van der Waals surface area (Å²) in [4.78, 5) is 20.5. The molecule has 0 spiro atoms. The predicted molar refractivity (Wildman–Crippen MR) is 105 cm³/mol. The van der Waals surface area contributed by atoms with Gasteiger partial charge in [-0.05, 0) is 12.5 Å². The summed E-state index contributed by atoms with van der Waals surface area (Å²) in [6.45, 7) is 8.14. The molecule has 1 aliphatic heterocycles. The maximum absolute atomic E-state index is 9.96. The third kappa shape index (κ3) is 3.49. The van der Waals surface area contributed by atoms with Gasteiger partial charge in [0.25, 0.3) is 0 Å². The van der Waals surface area contributed by atoms with Gasteiger partial charge in [-0.1, -0.05) is 38.4 Å². The lowest BCUT2D eigenvalue weighted by atomic mass is 9.96. The van der Waals surface area contributed by atoms with Crippen molar-refractivity contribution in [3.05, 3.63) is 41.2 Å². The van der Waals surface area contributed by atoms with Crippen molar-refractivity contribution in [3.8, 4) is 0 Å².